The number of nitrogens with zero attached hydrogens (tertiary/aromatic N) is 2. The molecule has 2 aromatic heterocycles. The van der Waals surface area contributed by atoms with Crippen molar-refractivity contribution in [1.29, 1.82) is 5.26 Å². The molecule has 0 aliphatic rings. The molecule has 222 valence electrons. The first kappa shape index (κ1) is 30.3. The maximum atomic E-state index is 15.5. The second-order valence-electron chi connectivity index (χ2n) is 12.4. The number of hydrogen-bond acceptors (Lipinski definition) is 3. The number of aryl methyl sites for hydroxylation is 1. The average Bonchev–Trinajstić information content (AvgIpc) is 3.46. The van der Waals surface area contributed by atoms with Crippen LogP contribution in [-0.2, 0) is 5.21 Å². The number of pyridine rings is 1. The number of rotatable bonds is 6. The zero-order chi connectivity index (χ0) is 32.9. The van der Waals surface area contributed by atoms with Crippen molar-refractivity contribution in [3.8, 4) is 50.7 Å². The van der Waals surface area contributed by atoms with Crippen LogP contribution in [0.1, 0.15) is 30.5 Å². The summed E-state index contributed by atoms with van der Waals surface area (Å²) >= 11 is 0. The second-order valence-corrected chi connectivity index (χ2v) is 12.4. The quantitative estimate of drug-likeness (QED) is 0.177. The van der Waals surface area contributed by atoms with Gasteiger partial charge in [-0.3, -0.25) is 4.98 Å². The molecule has 47 heavy (non-hydrogen) atoms. The van der Waals surface area contributed by atoms with E-state index in [-0.39, 0.29) is 11.5 Å². The lowest BCUT2D eigenvalue weighted by molar-refractivity contribution is 0.525. The molecule has 0 aliphatic heterocycles. The van der Waals surface area contributed by atoms with E-state index in [1.165, 1.54) is 17.8 Å². The molecule has 0 saturated heterocycles. The molecule has 0 unspecified atom stereocenters. The zero-order valence-corrected chi connectivity index (χ0v) is 26.4. The van der Waals surface area contributed by atoms with Gasteiger partial charge >= 0.3 is 0 Å². The molecule has 2 heterocycles. The third kappa shape index (κ3) is 5.22. The third-order valence-corrected chi connectivity index (χ3v) is 9.17. The minimum Gasteiger partial charge on any atom is -0.455 e. The predicted octanol–water partition coefficient (Wildman–Crippen LogP) is 10.1. The van der Waals surface area contributed by atoms with Crippen LogP contribution < -0.4 is 0 Å². The standard InChI is InChI=1S/C41H29B2FN2O/c1-24(2)41(42,43)34-23-46-36(21-35(34)44)37-25(3)9-19-32-33-20-18-31(22-45)38(40(33)47-39(32)37)30-16-14-29(15-17-30)28-12-10-27(11-13-28)26-7-5-4-6-8-26/h4-21,23-24H,1-3H3. The van der Waals surface area contributed by atoms with Crippen LogP contribution in [0, 0.1) is 30.0 Å². The molecule has 6 heteroatoms. The summed E-state index contributed by atoms with van der Waals surface area (Å²) in [6.07, 6.45) is 1.42. The van der Waals surface area contributed by atoms with Gasteiger partial charge in [0.1, 0.15) is 17.0 Å². The number of hydrogen-bond donors (Lipinski definition) is 0. The van der Waals surface area contributed by atoms with E-state index >= 15 is 4.39 Å². The van der Waals surface area contributed by atoms with E-state index in [2.05, 4.69) is 59.6 Å². The Bertz CT molecular complexity index is 2320. The Labute approximate surface area is 276 Å². The van der Waals surface area contributed by atoms with Gasteiger partial charge in [-0.1, -0.05) is 116 Å². The van der Waals surface area contributed by atoms with Gasteiger partial charge in [-0.15, -0.1) is 0 Å². The molecule has 0 saturated carbocycles. The molecule has 0 N–H and O–H groups in total. The van der Waals surface area contributed by atoms with E-state index in [1.807, 2.05) is 75.4 Å². The van der Waals surface area contributed by atoms with Crippen molar-refractivity contribution in [2.75, 3.05) is 0 Å². The van der Waals surface area contributed by atoms with Crippen LogP contribution in [0.2, 0.25) is 0 Å². The van der Waals surface area contributed by atoms with E-state index in [1.54, 1.807) is 0 Å². The van der Waals surface area contributed by atoms with Crippen molar-refractivity contribution < 1.29 is 8.81 Å². The molecule has 4 radical (unpaired) electrons. The van der Waals surface area contributed by atoms with Crippen LogP contribution in [0.3, 0.4) is 0 Å². The highest BCUT2D eigenvalue weighted by atomic mass is 19.1. The van der Waals surface area contributed by atoms with E-state index in [0.29, 0.717) is 33.6 Å². The maximum absolute atomic E-state index is 15.5. The van der Waals surface area contributed by atoms with Crippen LogP contribution in [0.5, 0.6) is 0 Å². The molecule has 7 rings (SSSR count). The molecule has 7 aromatic rings. The first-order chi connectivity index (χ1) is 22.7. The minimum atomic E-state index is -1.36. The van der Waals surface area contributed by atoms with Gasteiger partial charge in [0, 0.05) is 34.2 Å². The van der Waals surface area contributed by atoms with Gasteiger partial charge in [-0.25, -0.2) is 4.39 Å². The number of benzene rings is 5. The molecule has 5 aromatic carbocycles. The summed E-state index contributed by atoms with van der Waals surface area (Å²) in [5, 5.41) is 10.5. The van der Waals surface area contributed by atoms with Gasteiger partial charge in [-0.2, -0.15) is 5.26 Å². The molecule has 0 aliphatic carbocycles. The second kappa shape index (κ2) is 11.8. The van der Waals surface area contributed by atoms with Gasteiger partial charge in [0.05, 0.1) is 33.0 Å². The SMILES string of the molecule is [B]C([B])(c1cnc(-c2c(C)ccc3c2oc2c(-c4ccc(-c5ccc(-c6ccccc6)cc5)cc4)c(C#N)ccc23)cc1F)C(C)C. The van der Waals surface area contributed by atoms with E-state index < -0.39 is 11.0 Å². The summed E-state index contributed by atoms with van der Waals surface area (Å²) < 4.78 is 22.1. The summed E-state index contributed by atoms with van der Waals surface area (Å²) in [7, 11) is 12.5. The topological polar surface area (TPSA) is 49.8 Å². The number of aromatic nitrogens is 1. The van der Waals surface area contributed by atoms with Crippen LogP contribution in [0.15, 0.2) is 120 Å². The molecule has 0 spiro atoms. The Balaban J connectivity index is 1.32. The van der Waals surface area contributed by atoms with Crippen molar-refractivity contribution in [3.63, 3.8) is 0 Å². The maximum Gasteiger partial charge on any atom is 0.145 e. The Morgan fingerprint density at radius 3 is 1.81 bits per heavy atom. The van der Waals surface area contributed by atoms with Crippen LogP contribution in [0.4, 0.5) is 4.39 Å². The fourth-order valence-electron chi connectivity index (χ4n) is 6.21. The summed E-state index contributed by atoms with van der Waals surface area (Å²) in [4.78, 5) is 4.60. The number of furan rings is 1. The van der Waals surface area contributed by atoms with E-state index in [9.17, 15) is 5.26 Å². The molecule has 0 amide bonds. The van der Waals surface area contributed by atoms with Gasteiger partial charge in [0.25, 0.3) is 0 Å². The molecule has 0 atom stereocenters. The van der Waals surface area contributed by atoms with Gasteiger partial charge in [0.15, 0.2) is 0 Å². The molecule has 0 fully saturated rings. The van der Waals surface area contributed by atoms with Gasteiger partial charge in [0.2, 0.25) is 0 Å². The summed E-state index contributed by atoms with van der Waals surface area (Å²) in [6, 6.07) is 38.4. The van der Waals surface area contributed by atoms with Crippen molar-refractivity contribution in [3.05, 3.63) is 138 Å². The monoisotopic (exact) mass is 606 g/mol. The van der Waals surface area contributed by atoms with E-state index in [0.717, 1.165) is 38.6 Å². The highest BCUT2D eigenvalue weighted by Crippen LogP contribution is 2.43. The summed E-state index contributed by atoms with van der Waals surface area (Å²) in [5.41, 5.74) is 9.83. The fourth-order valence-corrected chi connectivity index (χ4v) is 6.21. The predicted molar refractivity (Wildman–Crippen MR) is 191 cm³/mol. The highest BCUT2D eigenvalue weighted by Gasteiger charge is 2.28. The van der Waals surface area contributed by atoms with Crippen molar-refractivity contribution in [1.82, 2.24) is 4.98 Å². The molecular weight excluding hydrogens is 577 g/mol. The van der Waals surface area contributed by atoms with Gasteiger partial charge < -0.3 is 4.42 Å². The van der Waals surface area contributed by atoms with Crippen molar-refractivity contribution in [2.24, 2.45) is 5.92 Å². The lowest BCUT2D eigenvalue weighted by Crippen LogP contribution is -2.34. The van der Waals surface area contributed by atoms with Crippen molar-refractivity contribution in [2.45, 2.75) is 26.0 Å². The fraction of sp³-hybridized carbons (Fsp3) is 0.122. The van der Waals surface area contributed by atoms with Crippen LogP contribution in [-0.4, -0.2) is 20.7 Å². The Hall–Kier alpha value is -5.40. The van der Waals surface area contributed by atoms with E-state index in [4.69, 9.17) is 20.1 Å². The average molecular weight is 606 g/mol. The smallest absolute Gasteiger partial charge is 0.145 e. The van der Waals surface area contributed by atoms with Crippen LogP contribution >= 0.6 is 0 Å². The summed E-state index contributed by atoms with van der Waals surface area (Å²) in [5.74, 6) is -0.726. The lowest BCUT2D eigenvalue weighted by atomic mass is 9.46. The number of fused-ring (bicyclic) bond motifs is 3. The number of nitriles is 1. The summed E-state index contributed by atoms with van der Waals surface area (Å²) in [6.45, 7) is 5.62. The van der Waals surface area contributed by atoms with Gasteiger partial charge in [-0.05, 0) is 58.0 Å². The molecule has 0 bridgehead atoms. The van der Waals surface area contributed by atoms with Crippen LogP contribution in [0.25, 0.3) is 66.6 Å². The molecule has 3 nitrogen and oxygen atoms in total. The van der Waals surface area contributed by atoms with Crippen molar-refractivity contribution >= 4 is 37.6 Å². The minimum absolute atomic E-state index is 0.155. The Kier molecular flexibility index (Phi) is 7.57. The highest BCUT2D eigenvalue weighted by molar-refractivity contribution is 6.40. The Morgan fingerprint density at radius 1 is 0.723 bits per heavy atom. The normalized spacial score (nSPS) is 11.7. The lowest BCUT2D eigenvalue weighted by Gasteiger charge is -2.31. The Morgan fingerprint density at radius 2 is 1.26 bits per heavy atom. The largest absolute Gasteiger partial charge is 0.455 e. The number of halogens is 1. The first-order valence-electron chi connectivity index (χ1n) is 15.6. The molecular formula is C41H29B2FN2O. The first-order valence-corrected chi connectivity index (χ1v) is 15.6. The zero-order valence-electron chi connectivity index (χ0n) is 26.4. The third-order valence-electron chi connectivity index (χ3n) is 9.17.